The molecule has 1 heterocycles. The van der Waals surface area contributed by atoms with Crippen LogP contribution in [0, 0.1) is 5.92 Å². The normalized spacial score (nSPS) is 12.6. The quantitative estimate of drug-likeness (QED) is 0.720. The monoisotopic (exact) mass is 281 g/mol. The predicted octanol–water partition coefficient (Wildman–Crippen LogP) is 4.86. The molecule has 0 N–H and O–H groups in total. The van der Waals surface area contributed by atoms with Gasteiger partial charge in [0.2, 0.25) is 5.88 Å². The summed E-state index contributed by atoms with van der Waals surface area (Å²) in [6.07, 6.45) is 2.24. The molecule has 1 unspecified atom stereocenters. The van der Waals surface area contributed by atoms with Crippen LogP contribution in [0.3, 0.4) is 0 Å². The summed E-state index contributed by atoms with van der Waals surface area (Å²) in [6, 6.07) is 1.54. The number of aromatic nitrogens is 1. The highest BCUT2D eigenvalue weighted by molar-refractivity contribution is 6.42. The topological polar surface area (TPSA) is 22.1 Å². The van der Waals surface area contributed by atoms with E-state index >= 15 is 0 Å². The van der Waals surface area contributed by atoms with Gasteiger partial charge in [-0.3, -0.25) is 0 Å². The molecule has 0 aliphatic carbocycles. The van der Waals surface area contributed by atoms with E-state index in [9.17, 15) is 0 Å². The van der Waals surface area contributed by atoms with Crippen molar-refractivity contribution < 1.29 is 4.74 Å². The Morgan fingerprint density at radius 2 is 2.00 bits per heavy atom. The fourth-order valence-corrected chi connectivity index (χ4v) is 1.87. The van der Waals surface area contributed by atoms with Crippen LogP contribution in [0.15, 0.2) is 6.07 Å². The first-order chi connectivity index (χ1) is 7.54. The van der Waals surface area contributed by atoms with Crippen LogP contribution in [0.1, 0.15) is 26.7 Å². The molecule has 0 amide bonds. The van der Waals surface area contributed by atoms with Gasteiger partial charge < -0.3 is 4.74 Å². The lowest BCUT2D eigenvalue weighted by molar-refractivity contribution is 0.243. The van der Waals surface area contributed by atoms with Crippen molar-refractivity contribution in [3.05, 3.63) is 21.3 Å². The zero-order valence-corrected chi connectivity index (χ0v) is 11.5. The molecule has 2 nitrogen and oxygen atoms in total. The lowest BCUT2D eigenvalue weighted by Gasteiger charge is -2.12. The number of ether oxygens (including phenoxy) is 1. The van der Waals surface area contributed by atoms with E-state index in [2.05, 4.69) is 18.8 Å². The number of halogens is 3. The van der Waals surface area contributed by atoms with Gasteiger partial charge in [-0.15, -0.1) is 0 Å². The smallest absolute Gasteiger partial charge is 0.234 e. The molecule has 1 aromatic heterocycles. The summed E-state index contributed by atoms with van der Waals surface area (Å²) in [5.74, 6) is 0.816. The van der Waals surface area contributed by atoms with Crippen LogP contribution in [-0.4, -0.2) is 11.6 Å². The Labute approximate surface area is 111 Å². The maximum atomic E-state index is 5.93. The van der Waals surface area contributed by atoms with Crippen LogP contribution in [0.25, 0.3) is 0 Å². The van der Waals surface area contributed by atoms with Gasteiger partial charge in [-0.2, -0.15) is 4.98 Å². The molecule has 0 aliphatic heterocycles. The second-order valence-electron chi connectivity index (χ2n) is 3.75. The molecule has 5 heteroatoms. The second-order valence-corrected chi connectivity index (χ2v) is 4.93. The summed E-state index contributed by atoms with van der Waals surface area (Å²) < 4.78 is 5.50. The van der Waals surface area contributed by atoms with E-state index in [1.165, 1.54) is 6.07 Å². The summed E-state index contributed by atoms with van der Waals surface area (Å²) in [4.78, 5) is 3.98. The summed E-state index contributed by atoms with van der Waals surface area (Å²) in [6.45, 7) is 4.84. The van der Waals surface area contributed by atoms with Gasteiger partial charge in [0.15, 0.2) is 5.15 Å². The van der Waals surface area contributed by atoms with Gasteiger partial charge in [0.25, 0.3) is 0 Å². The summed E-state index contributed by atoms with van der Waals surface area (Å²) in [7, 11) is 0. The first-order valence-corrected chi connectivity index (χ1v) is 6.32. The Morgan fingerprint density at radius 1 is 1.31 bits per heavy atom. The predicted molar refractivity (Wildman–Crippen MR) is 68.8 cm³/mol. The van der Waals surface area contributed by atoms with Gasteiger partial charge in [0, 0.05) is 0 Å². The molecule has 1 aromatic rings. The van der Waals surface area contributed by atoms with Crippen LogP contribution in [-0.2, 0) is 0 Å². The molecule has 0 spiro atoms. The van der Waals surface area contributed by atoms with E-state index in [4.69, 9.17) is 39.5 Å². The number of pyridine rings is 1. The average molecular weight is 283 g/mol. The fourth-order valence-electron chi connectivity index (χ4n) is 1.33. The summed E-state index contributed by atoms with van der Waals surface area (Å²) in [5.41, 5.74) is 0. The number of hydrogen-bond acceptors (Lipinski definition) is 2. The third kappa shape index (κ3) is 4.00. The highest BCUT2D eigenvalue weighted by atomic mass is 35.5. The van der Waals surface area contributed by atoms with Gasteiger partial charge in [0.05, 0.1) is 11.6 Å². The third-order valence-electron chi connectivity index (χ3n) is 2.14. The van der Waals surface area contributed by atoms with E-state index in [1.54, 1.807) is 0 Å². The van der Waals surface area contributed by atoms with Crippen molar-refractivity contribution in [1.29, 1.82) is 0 Å². The van der Waals surface area contributed by atoms with Crippen LogP contribution < -0.4 is 4.74 Å². The summed E-state index contributed by atoms with van der Waals surface area (Å²) in [5, 5.41) is 0.933. The third-order valence-corrected chi connectivity index (χ3v) is 3.08. The molecule has 0 radical (unpaired) electrons. The zero-order valence-electron chi connectivity index (χ0n) is 9.27. The lowest BCUT2D eigenvalue weighted by atomic mass is 10.1. The summed E-state index contributed by atoms with van der Waals surface area (Å²) >= 11 is 17.5. The molecule has 0 saturated carbocycles. The molecule has 0 aromatic carbocycles. The fraction of sp³-hybridized carbons (Fsp3) is 0.545. The second kappa shape index (κ2) is 6.53. The Kier molecular flexibility index (Phi) is 5.67. The van der Waals surface area contributed by atoms with Crippen molar-refractivity contribution in [3.8, 4) is 5.88 Å². The maximum Gasteiger partial charge on any atom is 0.234 e. The Hall–Kier alpha value is -0.180. The lowest BCUT2D eigenvalue weighted by Crippen LogP contribution is -2.09. The first kappa shape index (κ1) is 13.9. The molecule has 0 saturated heterocycles. The SMILES string of the molecule is CCCC(C)COc1nc(Cl)c(Cl)cc1Cl. The van der Waals surface area contributed by atoms with Crippen molar-refractivity contribution in [2.24, 2.45) is 5.92 Å². The van der Waals surface area contributed by atoms with E-state index < -0.39 is 0 Å². The molecule has 1 rings (SSSR count). The standard InChI is InChI=1S/C11H14Cl3NO/c1-3-4-7(2)6-16-11-9(13)5-8(12)10(14)15-11/h5,7H,3-4,6H2,1-2H3. The zero-order chi connectivity index (χ0) is 12.1. The van der Waals surface area contributed by atoms with Crippen LogP contribution in [0.4, 0.5) is 0 Å². The molecule has 1 atom stereocenters. The van der Waals surface area contributed by atoms with E-state index in [0.29, 0.717) is 28.5 Å². The van der Waals surface area contributed by atoms with E-state index in [-0.39, 0.29) is 5.15 Å². The number of nitrogens with zero attached hydrogens (tertiary/aromatic N) is 1. The molecule has 90 valence electrons. The van der Waals surface area contributed by atoms with Crippen LogP contribution in [0.2, 0.25) is 15.2 Å². The molecule has 0 bridgehead atoms. The van der Waals surface area contributed by atoms with Gasteiger partial charge in [-0.25, -0.2) is 0 Å². The largest absolute Gasteiger partial charge is 0.476 e. The minimum atomic E-state index is 0.212. The first-order valence-electron chi connectivity index (χ1n) is 5.19. The number of hydrogen-bond donors (Lipinski definition) is 0. The highest BCUT2D eigenvalue weighted by Gasteiger charge is 2.10. The van der Waals surface area contributed by atoms with Crippen molar-refractivity contribution in [3.63, 3.8) is 0 Å². The molecule has 0 aliphatic rings. The molecular weight excluding hydrogens is 268 g/mol. The van der Waals surface area contributed by atoms with Gasteiger partial charge >= 0.3 is 0 Å². The van der Waals surface area contributed by atoms with Gasteiger partial charge in [-0.05, 0) is 18.4 Å². The van der Waals surface area contributed by atoms with Crippen molar-refractivity contribution in [1.82, 2.24) is 4.98 Å². The van der Waals surface area contributed by atoms with E-state index in [1.807, 2.05) is 0 Å². The van der Waals surface area contributed by atoms with E-state index in [0.717, 1.165) is 12.8 Å². The van der Waals surface area contributed by atoms with Gasteiger partial charge in [-0.1, -0.05) is 55.1 Å². The average Bonchev–Trinajstić information content (AvgIpc) is 2.22. The van der Waals surface area contributed by atoms with Gasteiger partial charge in [0.1, 0.15) is 5.02 Å². The minimum Gasteiger partial charge on any atom is -0.476 e. The number of rotatable bonds is 5. The Bertz CT molecular complexity index is 357. The van der Waals surface area contributed by atoms with Crippen molar-refractivity contribution >= 4 is 34.8 Å². The van der Waals surface area contributed by atoms with Crippen molar-refractivity contribution in [2.45, 2.75) is 26.7 Å². The minimum absolute atomic E-state index is 0.212. The highest BCUT2D eigenvalue weighted by Crippen LogP contribution is 2.30. The van der Waals surface area contributed by atoms with Crippen molar-refractivity contribution in [2.75, 3.05) is 6.61 Å². The molecule has 0 fully saturated rings. The van der Waals surface area contributed by atoms with Crippen LogP contribution >= 0.6 is 34.8 Å². The Morgan fingerprint density at radius 3 is 2.62 bits per heavy atom. The maximum absolute atomic E-state index is 5.93. The molecule has 16 heavy (non-hydrogen) atoms. The Balaban J connectivity index is 2.63. The molecular formula is C11H14Cl3NO. The van der Waals surface area contributed by atoms with Crippen LogP contribution in [0.5, 0.6) is 5.88 Å².